The van der Waals surface area contributed by atoms with Crippen molar-refractivity contribution in [2.75, 3.05) is 4.72 Å². The Morgan fingerprint density at radius 2 is 2.10 bits per heavy atom. The van der Waals surface area contributed by atoms with E-state index in [4.69, 9.17) is 28.3 Å². The molecule has 0 spiro atoms. The standard InChI is InChI=1S/C11H11Cl2N3O3S/c1-16-5-9(4-14-16)15-20(18,19)10-3-8(12)2-7(6-17)11(10)13/h2-5,15,17H,6H2,1H3. The minimum absolute atomic E-state index is 0.0618. The lowest BCUT2D eigenvalue weighted by Crippen LogP contribution is -2.14. The summed E-state index contributed by atoms with van der Waals surface area (Å²) in [5.74, 6) is 0. The van der Waals surface area contributed by atoms with Crippen molar-refractivity contribution in [3.8, 4) is 0 Å². The Morgan fingerprint density at radius 1 is 1.40 bits per heavy atom. The molecule has 0 amide bonds. The summed E-state index contributed by atoms with van der Waals surface area (Å²) in [5.41, 5.74) is 0.541. The van der Waals surface area contributed by atoms with Crippen molar-refractivity contribution >= 4 is 38.9 Å². The van der Waals surface area contributed by atoms with E-state index in [1.807, 2.05) is 0 Å². The molecule has 0 saturated carbocycles. The SMILES string of the molecule is Cn1cc(NS(=O)(=O)c2cc(Cl)cc(CO)c2Cl)cn1. The van der Waals surface area contributed by atoms with Crippen molar-refractivity contribution in [2.45, 2.75) is 11.5 Å². The fourth-order valence-corrected chi connectivity index (χ4v) is 3.57. The van der Waals surface area contributed by atoms with Crippen molar-refractivity contribution in [1.29, 1.82) is 0 Å². The third-order valence-electron chi connectivity index (χ3n) is 2.50. The first-order chi connectivity index (χ1) is 9.33. The maximum Gasteiger partial charge on any atom is 0.263 e. The predicted molar refractivity (Wildman–Crippen MR) is 76.4 cm³/mol. The predicted octanol–water partition coefficient (Wildman–Crippen LogP) is 2.02. The summed E-state index contributed by atoms with van der Waals surface area (Å²) in [4.78, 5) is -0.195. The number of aryl methyl sites for hydroxylation is 1. The Morgan fingerprint density at radius 3 is 2.65 bits per heavy atom. The summed E-state index contributed by atoms with van der Waals surface area (Å²) in [6.07, 6.45) is 2.87. The Balaban J connectivity index is 2.46. The molecule has 0 aliphatic carbocycles. The molecule has 2 N–H and O–H groups in total. The van der Waals surface area contributed by atoms with Crippen LogP contribution in [0.2, 0.25) is 10.0 Å². The van der Waals surface area contributed by atoms with E-state index in [0.29, 0.717) is 5.69 Å². The summed E-state index contributed by atoms with van der Waals surface area (Å²) in [5, 5.41) is 13.1. The van der Waals surface area contributed by atoms with Crippen LogP contribution in [0.5, 0.6) is 0 Å². The second-order valence-corrected chi connectivity index (χ2v) is 6.51. The topological polar surface area (TPSA) is 84.2 Å². The number of nitrogens with zero attached hydrogens (tertiary/aromatic N) is 2. The molecule has 0 unspecified atom stereocenters. The average molecular weight is 336 g/mol. The van der Waals surface area contributed by atoms with Crippen LogP contribution < -0.4 is 4.72 Å². The van der Waals surface area contributed by atoms with E-state index < -0.39 is 16.6 Å². The first kappa shape index (κ1) is 15.1. The first-order valence-corrected chi connectivity index (χ1v) is 7.67. The number of anilines is 1. The van der Waals surface area contributed by atoms with Gasteiger partial charge in [0, 0.05) is 18.3 Å². The Kier molecular flexibility index (Phi) is 4.24. The van der Waals surface area contributed by atoms with Crippen molar-refractivity contribution < 1.29 is 13.5 Å². The molecule has 9 heteroatoms. The molecule has 0 bridgehead atoms. The number of nitrogens with one attached hydrogen (secondary N) is 1. The number of rotatable bonds is 4. The van der Waals surface area contributed by atoms with Gasteiger partial charge < -0.3 is 5.11 Å². The van der Waals surface area contributed by atoms with Gasteiger partial charge in [0.25, 0.3) is 10.0 Å². The average Bonchev–Trinajstić information content (AvgIpc) is 2.76. The molecule has 1 aromatic heterocycles. The van der Waals surface area contributed by atoms with E-state index in [1.165, 1.54) is 29.2 Å². The van der Waals surface area contributed by atoms with E-state index in [-0.39, 0.29) is 20.5 Å². The van der Waals surface area contributed by atoms with Crippen LogP contribution in [-0.2, 0) is 23.7 Å². The van der Waals surface area contributed by atoms with Crippen molar-refractivity contribution in [1.82, 2.24) is 9.78 Å². The molecule has 0 fully saturated rings. The number of halogens is 2. The van der Waals surface area contributed by atoms with Crippen LogP contribution in [0.15, 0.2) is 29.4 Å². The van der Waals surface area contributed by atoms with Gasteiger partial charge in [-0.05, 0) is 17.7 Å². The molecular formula is C11H11Cl2N3O3S. The van der Waals surface area contributed by atoms with Crippen LogP contribution in [0.4, 0.5) is 5.69 Å². The number of hydrogen-bond donors (Lipinski definition) is 2. The smallest absolute Gasteiger partial charge is 0.263 e. The molecular weight excluding hydrogens is 325 g/mol. The van der Waals surface area contributed by atoms with E-state index in [0.717, 1.165) is 0 Å². The Hall–Kier alpha value is -1.28. The monoisotopic (exact) mass is 335 g/mol. The highest BCUT2D eigenvalue weighted by atomic mass is 35.5. The fraction of sp³-hybridized carbons (Fsp3) is 0.182. The van der Waals surface area contributed by atoms with E-state index in [2.05, 4.69) is 9.82 Å². The molecule has 0 aliphatic rings. The van der Waals surface area contributed by atoms with Gasteiger partial charge in [0.2, 0.25) is 0 Å². The minimum Gasteiger partial charge on any atom is -0.392 e. The molecule has 2 aromatic rings. The highest BCUT2D eigenvalue weighted by Crippen LogP contribution is 2.30. The van der Waals surface area contributed by atoms with Gasteiger partial charge in [-0.3, -0.25) is 9.40 Å². The van der Waals surface area contributed by atoms with E-state index in [1.54, 1.807) is 7.05 Å². The zero-order chi connectivity index (χ0) is 14.9. The molecule has 108 valence electrons. The van der Waals surface area contributed by atoms with Crippen LogP contribution in [0, 0.1) is 0 Å². The number of hydrogen-bond acceptors (Lipinski definition) is 4. The van der Waals surface area contributed by atoms with Gasteiger partial charge >= 0.3 is 0 Å². The summed E-state index contributed by atoms with van der Waals surface area (Å²) < 4.78 is 28.4. The minimum atomic E-state index is -3.92. The zero-order valence-corrected chi connectivity index (χ0v) is 12.7. The molecule has 1 heterocycles. The normalized spacial score (nSPS) is 11.6. The number of aliphatic hydroxyl groups excluding tert-OH is 1. The number of aromatic nitrogens is 2. The van der Waals surface area contributed by atoms with Crippen LogP contribution >= 0.6 is 23.2 Å². The maximum absolute atomic E-state index is 12.3. The van der Waals surface area contributed by atoms with Gasteiger partial charge in [-0.2, -0.15) is 5.10 Å². The largest absolute Gasteiger partial charge is 0.392 e. The number of benzene rings is 1. The highest BCUT2D eigenvalue weighted by Gasteiger charge is 2.21. The Labute approximate surface area is 126 Å². The highest BCUT2D eigenvalue weighted by molar-refractivity contribution is 7.92. The third kappa shape index (κ3) is 3.06. The molecule has 6 nitrogen and oxygen atoms in total. The first-order valence-electron chi connectivity index (χ1n) is 5.43. The molecule has 0 aliphatic heterocycles. The van der Waals surface area contributed by atoms with Crippen molar-refractivity contribution in [3.05, 3.63) is 40.1 Å². The molecule has 0 saturated heterocycles. The number of sulfonamides is 1. The van der Waals surface area contributed by atoms with E-state index >= 15 is 0 Å². The molecule has 2 rings (SSSR count). The summed E-state index contributed by atoms with van der Waals surface area (Å²) >= 11 is 11.8. The molecule has 0 atom stereocenters. The summed E-state index contributed by atoms with van der Waals surface area (Å²) in [7, 11) is -2.26. The van der Waals surface area contributed by atoms with Crippen LogP contribution in [0.3, 0.4) is 0 Å². The van der Waals surface area contributed by atoms with Crippen molar-refractivity contribution in [2.24, 2.45) is 7.05 Å². The van der Waals surface area contributed by atoms with Gasteiger partial charge in [0.05, 0.1) is 23.5 Å². The van der Waals surface area contributed by atoms with E-state index in [9.17, 15) is 8.42 Å². The summed E-state index contributed by atoms with van der Waals surface area (Å²) in [6, 6.07) is 2.63. The molecule has 0 radical (unpaired) electrons. The zero-order valence-electron chi connectivity index (χ0n) is 10.3. The summed E-state index contributed by atoms with van der Waals surface area (Å²) in [6.45, 7) is -0.408. The lowest BCUT2D eigenvalue weighted by atomic mass is 10.2. The van der Waals surface area contributed by atoms with Crippen molar-refractivity contribution in [3.63, 3.8) is 0 Å². The maximum atomic E-state index is 12.3. The Bertz CT molecular complexity index is 743. The lowest BCUT2D eigenvalue weighted by molar-refractivity contribution is 0.281. The van der Waals surface area contributed by atoms with Crippen LogP contribution in [-0.4, -0.2) is 23.3 Å². The van der Waals surface area contributed by atoms with Gasteiger partial charge in [0.15, 0.2) is 0 Å². The third-order valence-corrected chi connectivity index (χ3v) is 4.68. The van der Waals surface area contributed by atoms with Gasteiger partial charge in [-0.15, -0.1) is 0 Å². The second kappa shape index (κ2) is 5.61. The quantitative estimate of drug-likeness (QED) is 0.895. The van der Waals surface area contributed by atoms with Crippen LogP contribution in [0.25, 0.3) is 0 Å². The second-order valence-electron chi connectivity index (χ2n) is 4.04. The van der Waals surface area contributed by atoms with Gasteiger partial charge in [-0.1, -0.05) is 23.2 Å². The fourth-order valence-electron chi connectivity index (χ4n) is 1.61. The lowest BCUT2D eigenvalue weighted by Gasteiger charge is -2.11. The molecule has 1 aromatic carbocycles. The molecule has 20 heavy (non-hydrogen) atoms. The number of aliphatic hydroxyl groups is 1. The van der Waals surface area contributed by atoms with Gasteiger partial charge in [0.1, 0.15) is 4.90 Å². The van der Waals surface area contributed by atoms with Gasteiger partial charge in [-0.25, -0.2) is 8.42 Å². The van der Waals surface area contributed by atoms with Crippen LogP contribution in [0.1, 0.15) is 5.56 Å².